The van der Waals surface area contributed by atoms with Crippen molar-refractivity contribution in [2.24, 2.45) is 7.05 Å². The van der Waals surface area contributed by atoms with Gasteiger partial charge in [0.2, 0.25) is 0 Å². The molecule has 1 saturated heterocycles. The number of likely N-dealkylation sites (tertiary alicyclic amines) is 1. The summed E-state index contributed by atoms with van der Waals surface area (Å²) >= 11 is 0. The maximum atomic E-state index is 6.41. The monoisotopic (exact) mass is 384 g/mol. The van der Waals surface area contributed by atoms with E-state index < -0.39 is 0 Å². The Morgan fingerprint density at radius 2 is 1.52 bits per heavy atom. The van der Waals surface area contributed by atoms with Gasteiger partial charge in [-0.2, -0.15) is 0 Å². The van der Waals surface area contributed by atoms with Gasteiger partial charge in [-0.3, -0.25) is 4.90 Å². The molecule has 0 spiro atoms. The van der Waals surface area contributed by atoms with E-state index in [1.807, 2.05) is 0 Å². The van der Waals surface area contributed by atoms with Crippen molar-refractivity contribution in [3.8, 4) is 5.75 Å². The number of benzene rings is 3. The first-order valence-electron chi connectivity index (χ1n) is 10.7. The Balaban J connectivity index is 1.50. The average Bonchev–Trinajstić information content (AvgIpc) is 3.04. The lowest BCUT2D eigenvalue weighted by Crippen LogP contribution is -2.29. The SMILES string of the molecule is Cn1c(COc2cccc3ccccc23)c(CN2CCCCC2)c2ccccc21. The zero-order valence-corrected chi connectivity index (χ0v) is 17.1. The molecule has 3 aromatic carbocycles. The van der Waals surface area contributed by atoms with E-state index >= 15 is 0 Å². The molecular formula is C26H28N2O. The van der Waals surface area contributed by atoms with Crippen molar-refractivity contribution >= 4 is 21.7 Å². The molecule has 2 heterocycles. The molecule has 3 heteroatoms. The van der Waals surface area contributed by atoms with E-state index in [1.54, 1.807) is 0 Å². The number of nitrogens with zero attached hydrogens (tertiary/aromatic N) is 2. The molecule has 1 aliphatic rings. The molecule has 0 unspecified atom stereocenters. The van der Waals surface area contributed by atoms with E-state index in [1.165, 1.54) is 65.3 Å². The smallest absolute Gasteiger partial charge is 0.129 e. The maximum Gasteiger partial charge on any atom is 0.129 e. The third kappa shape index (κ3) is 3.51. The predicted octanol–water partition coefficient (Wildman–Crippen LogP) is 5.90. The molecule has 0 saturated carbocycles. The summed E-state index contributed by atoms with van der Waals surface area (Å²) in [7, 11) is 2.17. The first kappa shape index (κ1) is 18.3. The highest BCUT2D eigenvalue weighted by Crippen LogP contribution is 2.30. The maximum absolute atomic E-state index is 6.41. The van der Waals surface area contributed by atoms with Crippen molar-refractivity contribution in [3.63, 3.8) is 0 Å². The minimum absolute atomic E-state index is 0.586. The number of fused-ring (bicyclic) bond motifs is 2. The summed E-state index contributed by atoms with van der Waals surface area (Å²) in [6.07, 6.45) is 3.99. The minimum Gasteiger partial charge on any atom is -0.487 e. The molecular weight excluding hydrogens is 356 g/mol. The molecule has 0 amide bonds. The number of aryl methyl sites for hydroxylation is 1. The topological polar surface area (TPSA) is 17.4 Å². The highest BCUT2D eigenvalue weighted by atomic mass is 16.5. The minimum atomic E-state index is 0.586. The number of aromatic nitrogens is 1. The normalized spacial score (nSPS) is 15.2. The van der Waals surface area contributed by atoms with Crippen LogP contribution in [0.1, 0.15) is 30.5 Å². The fourth-order valence-electron chi connectivity index (χ4n) is 4.69. The van der Waals surface area contributed by atoms with Crippen molar-refractivity contribution in [2.45, 2.75) is 32.4 Å². The fourth-order valence-corrected chi connectivity index (χ4v) is 4.69. The molecule has 0 aliphatic carbocycles. The molecule has 29 heavy (non-hydrogen) atoms. The second-order valence-corrected chi connectivity index (χ2v) is 8.10. The first-order chi connectivity index (χ1) is 14.3. The number of rotatable bonds is 5. The molecule has 3 nitrogen and oxygen atoms in total. The quantitative estimate of drug-likeness (QED) is 0.426. The standard InChI is InChI=1S/C26H28N2O/c1-27-24-14-6-5-13-22(24)23(18-28-16-7-2-8-17-28)25(27)19-29-26-15-9-11-20-10-3-4-12-21(20)26/h3-6,9-15H,2,7-8,16-19H2,1H3. The van der Waals surface area contributed by atoms with Crippen molar-refractivity contribution in [1.29, 1.82) is 0 Å². The van der Waals surface area contributed by atoms with Crippen LogP contribution >= 0.6 is 0 Å². The molecule has 1 aromatic heterocycles. The molecule has 5 rings (SSSR count). The van der Waals surface area contributed by atoms with Crippen LogP contribution < -0.4 is 4.74 Å². The van der Waals surface area contributed by atoms with E-state index in [-0.39, 0.29) is 0 Å². The van der Waals surface area contributed by atoms with Gasteiger partial charge in [-0.1, -0.05) is 61.0 Å². The van der Waals surface area contributed by atoms with Crippen LogP contribution in [0.25, 0.3) is 21.7 Å². The summed E-state index contributed by atoms with van der Waals surface area (Å²) in [6, 6.07) is 23.5. The molecule has 0 bridgehead atoms. The van der Waals surface area contributed by atoms with Crippen LogP contribution in [0, 0.1) is 0 Å². The lowest BCUT2D eigenvalue weighted by Gasteiger charge is -2.26. The van der Waals surface area contributed by atoms with E-state index in [0.717, 1.165) is 12.3 Å². The van der Waals surface area contributed by atoms with Gasteiger partial charge in [-0.25, -0.2) is 0 Å². The van der Waals surface area contributed by atoms with E-state index in [2.05, 4.69) is 83.2 Å². The second-order valence-electron chi connectivity index (χ2n) is 8.10. The second kappa shape index (κ2) is 7.92. The van der Waals surface area contributed by atoms with Crippen LogP contribution in [0.5, 0.6) is 5.75 Å². The Hall–Kier alpha value is -2.78. The van der Waals surface area contributed by atoms with E-state index in [9.17, 15) is 0 Å². The van der Waals surface area contributed by atoms with Crippen LogP contribution in [0.15, 0.2) is 66.7 Å². The van der Waals surface area contributed by atoms with Crippen LogP contribution in [0.4, 0.5) is 0 Å². The average molecular weight is 385 g/mol. The van der Waals surface area contributed by atoms with Crippen molar-refractivity contribution in [3.05, 3.63) is 78.0 Å². The van der Waals surface area contributed by atoms with Crippen molar-refractivity contribution in [2.75, 3.05) is 13.1 Å². The van der Waals surface area contributed by atoms with Crippen LogP contribution in [-0.4, -0.2) is 22.6 Å². The molecule has 0 radical (unpaired) electrons. The summed E-state index contributed by atoms with van der Waals surface area (Å²) in [6.45, 7) is 4.00. The highest BCUT2D eigenvalue weighted by Gasteiger charge is 2.19. The van der Waals surface area contributed by atoms with Gasteiger partial charge in [0, 0.05) is 29.9 Å². The van der Waals surface area contributed by atoms with E-state index in [0.29, 0.717) is 6.61 Å². The van der Waals surface area contributed by atoms with Gasteiger partial charge in [0.25, 0.3) is 0 Å². The van der Waals surface area contributed by atoms with Gasteiger partial charge in [-0.05, 0) is 49.0 Å². The van der Waals surface area contributed by atoms with Crippen molar-refractivity contribution < 1.29 is 4.74 Å². The first-order valence-corrected chi connectivity index (χ1v) is 10.7. The third-order valence-corrected chi connectivity index (χ3v) is 6.29. The third-order valence-electron chi connectivity index (χ3n) is 6.29. The zero-order chi connectivity index (χ0) is 19.6. The lowest BCUT2D eigenvalue weighted by molar-refractivity contribution is 0.218. The number of para-hydroxylation sites is 1. The number of hydrogen-bond acceptors (Lipinski definition) is 2. The highest BCUT2D eigenvalue weighted by molar-refractivity contribution is 5.88. The van der Waals surface area contributed by atoms with Crippen LogP contribution in [0.3, 0.4) is 0 Å². The number of ether oxygens (including phenoxy) is 1. The predicted molar refractivity (Wildman–Crippen MR) is 120 cm³/mol. The zero-order valence-electron chi connectivity index (χ0n) is 17.1. The van der Waals surface area contributed by atoms with Gasteiger partial charge in [0.05, 0.1) is 5.69 Å². The lowest BCUT2D eigenvalue weighted by atomic mass is 10.1. The van der Waals surface area contributed by atoms with Crippen LogP contribution in [0.2, 0.25) is 0 Å². The van der Waals surface area contributed by atoms with Gasteiger partial charge in [-0.15, -0.1) is 0 Å². The Labute approximate surface area is 172 Å². The number of hydrogen-bond donors (Lipinski definition) is 0. The summed E-state index contributed by atoms with van der Waals surface area (Å²) in [5.74, 6) is 0.956. The Kier molecular flexibility index (Phi) is 4.99. The Morgan fingerprint density at radius 1 is 0.793 bits per heavy atom. The molecule has 4 aromatic rings. The van der Waals surface area contributed by atoms with Crippen molar-refractivity contribution in [1.82, 2.24) is 9.47 Å². The van der Waals surface area contributed by atoms with Crippen LogP contribution in [-0.2, 0) is 20.2 Å². The Bertz CT molecular complexity index is 1130. The molecule has 1 aliphatic heterocycles. The van der Waals surface area contributed by atoms with E-state index in [4.69, 9.17) is 4.74 Å². The summed E-state index contributed by atoms with van der Waals surface area (Å²) in [5, 5.41) is 3.75. The summed E-state index contributed by atoms with van der Waals surface area (Å²) in [5.41, 5.74) is 3.99. The fraction of sp³-hybridized carbons (Fsp3) is 0.308. The largest absolute Gasteiger partial charge is 0.487 e. The summed E-state index contributed by atoms with van der Waals surface area (Å²) < 4.78 is 8.73. The van der Waals surface area contributed by atoms with Gasteiger partial charge in [0.15, 0.2) is 0 Å². The van der Waals surface area contributed by atoms with Gasteiger partial charge >= 0.3 is 0 Å². The molecule has 148 valence electrons. The summed E-state index contributed by atoms with van der Waals surface area (Å²) in [4.78, 5) is 2.60. The molecule has 0 N–H and O–H groups in total. The Morgan fingerprint density at radius 3 is 2.38 bits per heavy atom. The molecule has 1 fully saturated rings. The van der Waals surface area contributed by atoms with Gasteiger partial charge in [0.1, 0.15) is 12.4 Å². The van der Waals surface area contributed by atoms with Gasteiger partial charge < -0.3 is 9.30 Å². The molecule has 0 atom stereocenters. The number of piperidine rings is 1.